The first-order chi connectivity index (χ1) is 9.15. The third-order valence-electron chi connectivity index (χ3n) is 3.51. The van der Waals surface area contributed by atoms with Crippen LogP contribution in [0.1, 0.15) is 24.8 Å². The largest absolute Gasteiger partial charge is 0.399 e. The first kappa shape index (κ1) is 13.9. The Morgan fingerprint density at radius 1 is 1.53 bits per heavy atom. The molecular weight excluding hydrogens is 240 g/mol. The summed E-state index contributed by atoms with van der Waals surface area (Å²) in [4.78, 5) is 13.8. The highest BCUT2D eigenvalue weighted by atomic mass is 16.5. The number of benzene rings is 1. The maximum atomic E-state index is 12.0. The minimum atomic E-state index is 0.165. The third kappa shape index (κ3) is 4.24. The van der Waals surface area contributed by atoms with Crippen LogP contribution in [0, 0.1) is 0 Å². The van der Waals surface area contributed by atoms with Gasteiger partial charge in [-0.15, -0.1) is 0 Å². The van der Waals surface area contributed by atoms with Crippen LogP contribution in [0.2, 0.25) is 0 Å². The molecule has 0 radical (unpaired) electrons. The van der Waals surface area contributed by atoms with E-state index in [0.29, 0.717) is 13.0 Å². The fraction of sp³-hybridized carbons (Fsp3) is 0.533. The SMILES string of the molecule is CN(CC1CCCO1)C(=O)CCc1cccc(N)c1. The van der Waals surface area contributed by atoms with Crippen molar-refractivity contribution in [2.45, 2.75) is 31.8 Å². The van der Waals surface area contributed by atoms with E-state index in [-0.39, 0.29) is 12.0 Å². The Kier molecular flexibility index (Phi) is 4.80. The van der Waals surface area contributed by atoms with Gasteiger partial charge in [0.05, 0.1) is 6.10 Å². The van der Waals surface area contributed by atoms with E-state index >= 15 is 0 Å². The number of amides is 1. The number of carbonyl (C=O) groups excluding carboxylic acids is 1. The van der Waals surface area contributed by atoms with Crippen molar-refractivity contribution in [2.24, 2.45) is 0 Å². The van der Waals surface area contributed by atoms with Crippen molar-refractivity contribution in [1.82, 2.24) is 4.90 Å². The highest BCUT2D eigenvalue weighted by molar-refractivity contribution is 5.76. The molecule has 0 saturated carbocycles. The number of rotatable bonds is 5. The van der Waals surface area contributed by atoms with Gasteiger partial charge in [0, 0.05) is 32.3 Å². The molecule has 1 aromatic rings. The van der Waals surface area contributed by atoms with Gasteiger partial charge >= 0.3 is 0 Å². The van der Waals surface area contributed by atoms with Crippen LogP contribution >= 0.6 is 0 Å². The molecule has 2 rings (SSSR count). The first-order valence-electron chi connectivity index (χ1n) is 6.85. The topological polar surface area (TPSA) is 55.6 Å². The van der Waals surface area contributed by atoms with Crippen LogP contribution in [0.3, 0.4) is 0 Å². The molecule has 1 saturated heterocycles. The van der Waals surface area contributed by atoms with E-state index in [1.165, 1.54) is 0 Å². The lowest BCUT2D eigenvalue weighted by molar-refractivity contribution is -0.131. The predicted octanol–water partition coefficient (Wildman–Crippen LogP) is 1.84. The summed E-state index contributed by atoms with van der Waals surface area (Å²) in [5, 5.41) is 0. The highest BCUT2D eigenvalue weighted by Crippen LogP contribution is 2.14. The molecule has 104 valence electrons. The number of anilines is 1. The van der Waals surface area contributed by atoms with Gasteiger partial charge in [0.25, 0.3) is 0 Å². The molecule has 1 amide bonds. The van der Waals surface area contributed by atoms with Gasteiger partial charge in [-0.1, -0.05) is 12.1 Å². The van der Waals surface area contributed by atoms with E-state index < -0.39 is 0 Å². The Labute approximate surface area is 114 Å². The monoisotopic (exact) mass is 262 g/mol. The minimum absolute atomic E-state index is 0.165. The summed E-state index contributed by atoms with van der Waals surface area (Å²) in [6, 6.07) is 7.71. The Hall–Kier alpha value is -1.55. The fourth-order valence-corrected chi connectivity index (χ4v) is 2.39. The molecule has 4 heteroatoms. The maximum Gasteiger partial charge on any atom is 0.222 e. The van der Waals surface area contributed by atoms with Crippen molar-refractivity contribution in [3.8, 4) is 0 Å². The Bertz CT molecular complexity index is 428. The molecule has 1 aromatic carbocycles. The molecule has 0 bridgehead atoms. The average Bonchev–Trinajstić information content (AvgIpc) is 2.89. The third-order valence-corrected chi connectivity index (χ3v) is 3.51. The smallest absolute Gasteiger partial charge is 0.222 e. The van der Waals surface area contributed by atoms with Crippen molar-refractivity contribution >= 4 is 11.6 Å². The predicted molar refractivity (Wildman–Crippen MR) is 75.8 cm³/mol. The number of hydrogen-bond acceptors (Lipinski definition) is 3. The number of likely N-dealkylation sites (N-methyl/N-ethyl adjacent to an activating group) is 1. The number of ether oxygens (including phenoxy) is 1. The van der Waals surface area contributed by atoms with Crippen LogP contribution in [0.4, 0.5) is 5.69 Å². The van der Waals surface area contributed by atoms with E-state index in [1.807, 2.05) is 31.3 Å². The van der Waals surface area contributed by atoms with E-state index in [9.17, 15) is 4.79 Å². The number of aryl methyl sites for hydroxylation is 1. The zero-order chi connectivity index (χ0) is 13.7. The number of hydrogen-bond donors (Lipinski definition) is 1. The van der Waals surface area contributed by atoms with Crippen molar-refractivity contribution in [2.75, 3.05) is 25.9 Å². The summed E-state index contributed by atoms with van der Waals surface area (Å²) in [7, 11) is 1.85. The van der Waals surface area contributed by atoms with Crippen LogP contribution in [-0.4, -0.2) is 37.1 Å². The molecule has 0 aliphatic carbocycles. The summed E-state index contributed by atoms with van der Waals surface area (Å²) >= 11 is 0. The normalized spacial score (nSPS) is 18.5. The lowest BCUT2D eigenvalue weighted by Crippen LogP contribution is -2.34. The number of nitrogens with zero attached hydrogens (tertiary/aromatic N) is 1. The second-order valence-corrected chi connectivity index (χ2v) is 5.15. The molecule has 1 unspecified atom stereocenters. The van der Waals surface area contributed by atoms with Gasteiger partial charge in [0.1, 0.15) is 0 Å². The van der Waals surface area contributed by atoms with Crippen LogP contribution in [0.5, 0.6) is 0 Å². The number of nitrogen functional groups attached to an aromatic ring is 1. The molecule has 1 aliphatic rings. The Morgan fingerprint density at radius 3 is 3.05 bits per heavy atom. The fourth-order valence-electron chi connectivity index (χ4n) is 2.39. The van der Waals surface area contributed by atoms with E-state index in [1.54, 1.807) is 4.90 Å². The van der Waals surface area contributed by atoms with E-state index in [0.717, 1.165) is 37.1 Å². The number of carbonyl (C=O) groups is 1. The van der Waals surface area contributed by atoms with Crippen molar-refractivity contribution < 1.29 is 9.53 Å². The molecular formula is C15H22N2O2. The number of nitrogens with two attached hydrogens (primary N) is 1. The van der Waals surface area contributed by atoms with Gasteiger partial charge in [-0.05, 0) is 37.0 Å². The zero-order valence-electron chi connectivity index (χ0n) is 11.5. The van der Waals surface area contributed by atoms with Crippen LogP contribution in [0.15, 0.2) is 24.3 Å². The lowest BCUT2D eigenvalue weighted by Gasteiger charge is -2.20. The summed E-state index contributed by atoms with van der Waals surface area (Å²) in [6.07, 6.45) is 3.65. The Morgan fingerprint density at radius 2 is 2.37 bits per heavy atom. The van der Waals surface area contributed by atoms with Gasteiger partial charge in [-0.25, -0.2) is 0 Å². The minimum Gasteiger partial charge on any atom is -0.399 e. The second kappa shape index (κ2) is 6.57. The first-order valence-corrected chi connectivity index (χ1v) is 6.85. The molecule has 2 N–H and O–H groups in total. The van der Waals surface area contributed by atoms with Gasteiger partial charge in [0.2, 0.25) is 5.91 Å². The summed E-state index contributed by atoms with van der Waals surface area (Å²) in [5.41, 5.74) is 7.58. The summed E-state index contributed by atoms with van der Waals surface area (Å²) in [5.74, 6) is 0.165. The van der Waals surface area contributed by atoms with Gasteiger partial charge in [-0.2, -0.15) is 0 Å². The Balaban J connectivity index is 1.76. The van der Waals surface area contributed by atoms with Gasteiger partial charge < -0.3 is 15.4 Å². The van der Waals surface area contributed by atoms with Crippen LogP contribution in [-0.2, 0) is 16.0 Å². The zero-order valence-corrected chi connectivity index (χ0v) is 11.5. The van der Waals surface area contributed by atoms with Crippen molar-refractivity contribution in [3.05, 3.63) is 29.8 Å². The van der Waals surface area contributed by atoms with Gasteiger partial charge in [-0.3, -0.25) is 4.79 Å². The average molecular weight is 262 g/mol. The second-order valence-electron chi connectivity index (χ2n) is 5.15. The highest BCUT2D eigenvalue weighted by Gasteiger charge is 2.19. The van der Waals surface area contributed by atoms with E-state index in [2.05, 4.69) is 0 Å². The molecule has 0 aromatic heterocycles. The molecule has 1 atom stereocenters. The van der Waals surface area contributed by atoms with Crippen molar-refractivity contribution in [1.29, 1.82) is 0 Å². The van der Waals surface area contributed by atoms with Crippen LogP contribution < -0.4 is 5.73 Å². The maximum absolute atomic E-state index is 12.0. The molecule has 1 fully saturated rings. The summed E-state index contributed by atoms with van der Waals surface area (Å²) in [6.45, 7) is 1.53. The molecule has 19 heavy (non-hydrogen) atoms. The molecule has 1 aliphatic heterocycles. The quantitative estimate of drug-likeness (QED) is 0.824. The summed E-state index contributed by atoms with van der Waals surface area (Å²) < 4.78 is 5.54. The molecule has 4 nitrogen and oxygen atoms in total. The van der Waals surface area contributed by atoms with Crippen LogP contribution in [0.25, 0.3) is 0 Å². The van der Waals surface area contributed by atoms with Crippen molar-refractivity contribution in [3.63, 3.8) is 0 Å². The lowest BCUT2D eigenvalue weighted by atomic mass is 10.1. The van der Waals surface area contributed by atoms with Gasteiger partial charge in [0.15, 0.2) is 0 Å². The standard InChI is InChI=1S/C15H22N2O2/c1-17(11-14-6-3-9-19-14)15(18)8-7-12-4-2-5-13(16)10-12/h2,4-5,10,14H,3,6-9,11,16H2,1H3. The molecule has 0 spiro atoms. The molecule has 1 heterocycles. The van der Waals surface area contributed by atoms with E-state index in [4.69, 9.17) is 10.5 Å².